The van der Waals surface area contributed by atoms with Crippen LogP contribution in [0.1, 0.15) is 17.0 Å². The minimum atomic E-state index is 0.636. The zero-order chi connectivity index (χ0) is 17.5. The standard InChI is InChI=1S/C19H22N6/c1-15-13-18(22-14-17-5-3-4-9-21-17)24-19(23-15)25(2)12-8-16-6-10-20-11-7-16/h3-7,9-11,13H,8,12,14H2,1-2H3,(H,22,23,24). The van der Waals surface area contributed by atoms with Crippen molar-refractivity contribution < 1.29 is 0 Å². The molecule has 0 radical (unpaired) electrons. The molecule has 0 aliphatic heterocycles. The van der Waals surface area contributed by atoms with E-state index in [1.54, 1.807) is 6.20 Å². The molecule has 0 saturated carbocycles. The van der Waals surface area contributed by atoms with E-state index in [0.717, 1.165) is 36.1 Å². The molecule has 0 unspecified atom stereocenters. The van der Waals surface area contributed by atoms with Crippen molar-refractivity contribution in [1.29, 1.82) is 0 Å². The molecule has 3 aromatic heterocycles. The van der Waals surface area contributed by atoms with Crippen LogP contribution in [0.5, 0.6) is 0 Å². The van der Waals surface area contributed by atoms with Crippen LogP contribution in [-0.2, 0) is 13.0 Å². The van der Waals surface area contributed by atoms with Gasteiger partial charge in [0.15, 0.2) is 0 Å². The number of aryl methyl sites for hydroxylation is 1. The van der Waals surface area contributed by atoms with E-state index in [4.69, 9.17) is 0 Å². The van der Waals surface area contributed by atoms with Crippen LogP contribution in [0.15, 0.2) is 55.0 Å². The Hall–Kier alpha value is -3.02. The number of pyridine rings is 2. The van der Waals surface area contributed by atoms with Gasteiger partial charge in [-0.05, 0) is 43.2 Å². The molecule has 0 atom stereocenters. The Balaban J connectivity index is 1.64. The fourth-order valence-electron chi connectivity index (χ4n) is 2.44. The lowest BCUT2D eigenvalue weighted by Gasteiger charge is -2.18. The van der Waals surface area contributed by atoms with Gasteiger partial charge >= 0.3 is 0 Å². The maximum atomic E-state index is 4.62. The second kappa shape index (κ2) is 8.19. The summed E-state index contributed by atoms with van der Waals surface area (Å²) >= 11 is 0. The van der Waals surface area contributed by atoms with Crippen molar-refractivity contribution >= 4 is 11.8 Å². The highest BCUT2D eigenvalue weighted by Crippen LogP contribution is 2.14. The van der Waals surface area contributed by atoms with Gasteiger partial charge in [0.2, 0.25) is 5.95 Å². The van der Waals surface area contributed by atoms with Gasteiger partial charge in [0.1, 0.15) is 5.82 Å². The van der Waals surface area contributed by atoms with Gasteiger partial charge in [-0.2, -0.15) is 4.98 Å². The first-order valence-corrected chi connectivity index (χ1v) is 8.30. The molecule has 0 spiro atoms. The predicted molar refractivity (Wildman–Crippen MR) is 99.5 cm³/mol. The number of hydrogen-bond acceptors (Lipinski definition) is 6. The molecular formula is C19H22N6. The summed E-state index contributed by atoms with van der Waals surface area (Å²) in [7, 11) is 2.01. The third kappa shape index (κ3) is 4.97. The highest BCUT2D eigenvalue weighted by atomic mass is 15.2. The Morgan fingerprint density at radius 2 is 1.88 bits per heavy atom. The van der Waals surface area contributed by atoms with Crippen LogP contribution in [0.4, 0.5) is 11.8 Å². The summed E-state index contributed by atoms with van der Waals surface area (Å²) in [5.74, 6) is 1.53. The van der Waals surface area contributed by atoms with Gasteiger partial charge in [-0.15, -0.1) is 0 Å². The number of rotatable bonds is 7. The van der Waals surface area contributed by atoms with Crippen LogP contribution in [0.3, 0.4) is 0 Å². The minimum absolute atomic E-state index is 0.636. The largest absolute Gasteiger partial charge is 0.364 e. The van der Waals surface area contributed by atoms with E-state index in [1.807, 2.05) is 62.8 Å². The molecule has 1 N–H and O–H groups in total. The highest BCUT2D eigenvalue weighted by Gasteiger charge is 2.08. The zero-order valence-corrected chi connectivity index (χ0v) is 14.6. The van der Waals surface area contributed by atoms with E-state index >= 15 is 0 Å². The van der Waals surface area contributed by atoms with E-state index in [1.165, 1.54) is 5.56 Å². The summed E-state index contributed by atoms with van der Waals surface area (Å²) in [4.78, 5) is 19.6. The lowest BCUT2D eigenvalue weighted by atomic mass is 10.2. The number of aromatic nitrogens is 4. The van der Waals surface area contributed by atoms with Crippen LogP contribution in [0, 0.1) is 6.92 Å². The van der Waals surface area contributed by atoms with E-state index in [9.17, 15) is 0 Å². The average molecular weight is 334 g/mol. The Labute approximate surface area is 148 Å². The van der Waals surface area contributed by atoms with Crippen molar-refractivity contribution in [2.45, 2.75) is 19.9 Å². The summed E-state index contributed by atoms with van der Waals surface area (Å²) in [6.45, 7) is 3.46. The monoisotopic (exact) mass is 334 g/mol. The molecule has 0 aromatic carbocycles. The number of nitrogens with one attached hydrogen (secondary N) is 1. The SMILES string of the molecule is Cc1cc(NCc2ccccn2)nc(N(C)CCc2ccncc2)n1. The van der Waals surface area contributed by atoms with Crippen molar-refractivity contribution in [3.8, 4) is 0 Å². The normalized spacial score (nSPS) is 10.5. The first-order chi connectivity index (χ1) is 12.2. The Bertz CT molecular complexity index is 792. The van der Waals surface area contributed by atoms with E-state index in [2.05, 4.69) is 30.2 Å². The Kier molecular flexibility index (Phi) is 5.51. The lowest BCUT2D eigenvalue weighted by Crippen LogP contribution is -2.23. The molecule has 0 aliphatic rings. The van der Waals surface area contributed by atoms with Crippen LogP contribution < -0.4 is 10.2 Å². The van der Waals surface area contributed by atoms with Gasteiger partial charge < -0.3 is 10.2 Å². The second-order valence-corrected chi connectivity index (χ2v) is 5.90. The van der Waals surface area contributed by atoms with Gasteiger partial charge in [-0.1, -0.05) is 6.07 Å². The molecule has 3 aromatic rings. The predicted octanol–water partition coefficient (Wildman–Crippen LogP) is 2.87. The van der Waals surface area contributed by atoms with E-state index in [-0.39, 0.29) is 0 Å². The molecule has 0 saturated heterocycles. The van der Waals surface area contributed by atoms with Crippen LogP contribution >= 0.6 is 0 Å². The second-order valence-electron chi connectivity index (χ2n) is 5.90. The number of likely N-dealkylation sites (N-methyl/N-ethyl adjacent to an activating group) is 1. The van der Waals surface area contributed by atoms with Crippen molar-refractivity contribution in [2.75, 3.05) is 23.8 Å². The number of hydrogen-bond donors (Lipinski definition) is 1. The van der Waals surface area contributed by atoms with Crippen molar-refractivity contribution in [2.24, 2.45) is 0 Å². The molecule has 3 rings (SSSR count). The highest BCUT2D eigenvalue weighted by molar-refractivity contribution is 5.43. The lowest BCUT2D eigenvalue weighted by molar-refractivity contribution is 0.831. The fraction of sp³-hybridized carbons (Fsp3) is 0.263. The molecule has 3 heterocycles. The van der Waals surface area contributed by atoms with Gasteiger partial charge in [0, 0.05) is 43.9 Å². The topological polar surface area (TPSA) is 66.8 Å². The molecule has 0 fully saturated rings. The van der Waals surface area contributed by atoms with Gasteiger partial charge in [-0.25, -0.2) is 4.98 Å². The Morgan fingerprint density at radius 3 is 2.64 bits per heavy atom. The molecule has 0 bridgehead atoms. The molecule has 25 heavy (non-hydrogen) atoms. The van der Waals surface area contributed by atoms with Crippen LogP contribution in [-0.4, -0.2) is 33.5 Å². The van der Waals surface area contributed by atoms with Crippen LogP contribution in [0.2, 0.25) is 0 Å². The van der Waals surface area contributed by atoms with Gasteiger partial charge in [0.05, 0.1) is 12.2 Å². The summed E-state index contributed by atoms with van der Waals surface area (Å²) in [5.41, 5.74) is 3.17. The van der Waals surface area contributed by atoms with E-state index in [0.29, 0.717) is 6.54 Å². The number of nitrogens with zero attached hydrogens (tertiary/aromatic N) is 5. The maximum Gasteiger partial charge on any atom is 0.227 e. The molecule has 0 aliphatic carbocycles. The summed E-state index contributed by atoms with van der Waals surface area (Å²) < 4.78 is 0. The zero-order valence-electron chi connectivity index (χ0n) is 14.6. The molecule has 0 amide bonds. The minimum Gasteiger partial charge on any atom is -0.364 e. The quantitative estimate of drug-likeness (QED) is 0.717. The van der Waals surface area contributed by atoms with Crippen molar-refractivity contribution in [3.05, 3.63) is 71.9 Å². The van der Waals surface area contributed by atoms with Crippen LogP contribution in [0.25, 0.3) is 0 Å². The molecule has 128 valence electrons. The molecular weight excluding hydrogens is 312 g/mol. The fourth-order valence-corrected chi connectivity index (χ4v) is 2.44. The smallest absolute Gasteiger partial charge is 0.227 e. The van der Waals surface area contributed by atoms with E-state index < -0.39 is 0 Å². The summed E-state index contributed by atoms with van der Waals surface area (Å²) in [6, 6.07) is 11.9. The summed E-state index contributed by atoms with van der Waals surface area (Å²) in [5, 5.41) is 3.32. The Morgan fingerprint density at radius 1 is 1.04 bits per heavy atom. The van der Waals surface area contributed by atoms with Crippen molar-refractivity contribution in [3.63, 3.8) is 0 Å². The third-order valence-corrected chi connectivity index (χ3v) is 3.85. The molecule has 6 heteroatoms. The molecule has 6 nitrogen and oxygen atoms in total. The third-order valence-electron chi connectivity index (χ3n) is 3.85. The van der Waals surface area contributed by atoms with Gasteiger partial charge in [0.25, 0.3) is 0 Å². The first kappa shape index (κ1) is 16.8. The van der Waals surface area contributed by atoms with Crippen molar-refractivity contribution in [1.82, 2.24) is 19.9 Å². The maximum absolute atomic E-state index is 4.62. The summed E-state index contributed by atoms with van der Waals surface area (Å²) in [6.07, 6.45) is 6.35. The first-order valence-electron chi connectivity index (χ1n) is 8.30. The average Bonchev–Trinajstić information content (AvgIpc) is 2.66. The number of anilines is 2. The van der Waals surface area contributed by atoms with Gasteiger partial charge in [-0.3, -0.25) is 9.97 Å².